The fourth-order valence-corrected chi connectivity index (χ4v) is 5.26. The van der Waals surface area contributed by atoms with Crippen molar-refractivity contribution in [3.05, 3.63) is 33.9 Å². The molecule has 156 valence electrons. The van der Waals surface area contributed by atoms with Crippen molar-refractivity contribution >= 4 is 34.0 Å². The zero-order valence-electron chi connectivity index (χ0n) is 15.7. The lowest BCUT2D eigenvalue weighted by molar-refractivity contribution is -0.385. The third kappa shape index (κ3) is 4.62. The molecular weight excluding hydrogens is 408 g/mol. The number of rotatable bonds is 4. The lowest BCUT2D eigenvalue weighted by atomic mass is 9.96. The summed E-state index contributed by atoms with van der Waals surface area (Å²) in [6.45, 7) is 4.36. The van der Waals surface area contributed by atoms with Gasteiger partial charge >= 0.3 is 0 Å². The van der Waals surface area contributed by atoms with E-state index >= 15 is 0 Å². The molecule has 11 heteroatoms. The number of benzene rings is 1. The third-order valence-corrected chi connectivity index (χ3v) is 7.28. The van der Waals surface area contributed by atoms with Gasteiger partial charge in [0.1, 0.15) is 0 Å². The molecule has 1 amide bonds. The highest BCUT2D eigenvalue weighted by molar-refractivity contribution is 7.89. The number of aryl methyl sites for hydroxylation is 1. The zero-order chi connectivity index (χ0) is 19.6. The Kier molecular flexibility index (Phi) is 7.38. The molecule has 1 N–H and O–H groups in total. The van der Waals surface area contributed by atoms with Gasteiger partial charge in [-0.15, -0.1) is 12.4 Å². The molecule has 1 aromatic rings. The second kappa shape index (κ2) is 9.17. The second-order valence-corrected chi connectivity index (χ2v) is 8.87. The van der Waals surface area contributed by atoms with Crippen LogP contribution in [0.3, 0.4) is 0 Å². The van der Waals surface area contributed by atoms with Crippen molar-refractivity contribution in [2.45, 2.75) is 24.7 Å². The summed E-state index contributed by atoms with van der Waals surface area (Å²) in [6, 6.07) is 3.85. The fourth-order valence-electron chi connectivity index (χ4n) is 3.60. The third-order valence-electron chi connectivity index (χ3n) is 5.24. The van der Waals surface area contributed by atoms with Gasteiger partial charge in [-0.2, -0.15) is 4.31 Å². The van der Waals surface area contributed by atoms with Crippen LogP contribution in [0, 0.1) is 23.0 Å². The first-order valence-electron chi connectivity index (χ1n) is 9.05. The van der Waals surface area contributed by atoms with E-state index in [1.165, 1.54) is 16.4 Å². The molecule has 0 spiro atoms. The van der Waals surface area contributed by atoms with Crippen molar-refractivity contribution in [3.8, 4) is 0 Å². The number of amides is 1. The number of halogens is 1. The number of nitro groups is 1. The maximum Gasteiger partial charge on any atom is 0.270 e. The molecule has 2 heterocycles. The van der Waals surface area contributed by atoms with Crippen molar-refractivity contribution in [2.24, 2.45) is 5.92 Å². The number of hydrogen-bond donors (Lipinski definition) is 1. The van der Waals surface area contributed by atoms with Crippen molar-refractivity contribution in [2.75, 3.05) is 39.3 Å². The highest BCUT2D eigenvalue weighted by atomic mass is 35.5. The summed E-state index contributed by atoms with van der Waals surface area (Å²) in [5.74, 6) is 0.105. The molecule has 2 aliphatic rings. The topological polar surface area (TPSA) is 113 Å². The molecular formula is C17H25ClN4O5S. The van der Waals surface area contributed by atoms with E-state index in [0.717, 1.165) is 32.0 Å². The predicted octanol–water partition coefficient (Wildman–Crippen LogP) is 1.16. The van der Waals surface area contributed by atoms with Gasteiger partial charge < -0.3 is 10.2 Å². The van der Waals surface area contributed by atoms with Crippen LogP contribution in [0.1, 0.15) is 18.4 Å². The first kappa shape index (κ1) is 22.5. The average molecular weight is 433 g/mol. The first-order chi connectivity index (χ1) is 12.8. The average Bonchev–Trinajstić information content (AvgIpc) is 2.68. The molecule has 0 aromatic heterocycles. The number of piperazine rings is 1. The molecule has 2 saturated heterocycles. The molecule has 0 unspecified atom stereocenters. The number of piperidine rings is 1. The minimum atomic E-state index is -3.84. The molecule has 9 nitrogen and oxygen atoms in total. The summed E-state index contributed by atoms with van der Waals surface area (Å²) in [5.41, 5.74) is 0.215. The van der Waals surface area contributed by atoms with Gasteiger partial charge in [0.2, 0.25) is 15.9 Å². The summed E-state index contributed by atoms with van der Waals surface area (Å²) in [4.78, 5) is 24.7. The summed E-state index contributed by atoms with van der Waals surface area (Å²) in [7, 11) is -3.84. The number of nitrogens with zero attached hydrogens (tertiary/aromatic N) is 3. The summed E-state index contributed by atoms with van der Waals surface area (Å²) >= 11 is 0. The predicted molar refractivity (Wildman–Crippen MR) is 106 cm³/mol. The highest BCUT2D eigenvalue weighted by Gasteiger charge is 2.34. The van der Waals surface area contributed by atoms with Crippen molar-refractivity contribution in [3.63, 3.8) is 0 Å². The van der Waals surface area contributed by atoms with Gasteiger partial charge in [-0.05, 0) is 38.4 Å². The molecule has 0 aliphatic carbocycles. The first-order valence-corrected chi connectivity index (χ1v) is 10.5. The molecule has 0 radical (unpaired) electrons. The molecule has 2 aliphatic heterocycles. The van der Waals surface area contributed by atoms with Gasteiger partial charge in [-0.1, -0.05) is 6.07 Å². The molecule has 2 fully saturated rings. The molecule has 1 aromatic carbocycles. The quantitative estimate of drug-likeness (QED) is 0.564. The zero-order valence-corrected chi connectivity index (χ0v) is 17.3. The van der Waals surface area contributed by atoms with E-state index < -0.39 is 14.9 Å². The van der Waals surface area contributed by atoms with Gasteiger partial charge in [-0.25, -0.2) is 8.42 Å². The van der Waals surface area contributed by atoms with Crippen LogP contribution in [0.15, 0.2) is 23.1 Å². The molecule has 28 heavy (non-hydrogen) atoms. The van der Waals surface area contributed by atoms with E-state index in [4.69, 9.17) is 0 Å². The Bertz CT molecular complexity index is 834. The Morgan fingerprint density at radius 3 is 2.36 bits per heavy atom. The Balaban J connectivity index is 0.00000280. The van der Waals surface area contributed by atoms with E-state index in [1.807, 2.05) is 0 Å². The van der Waals surface area contributed by atoms with E-state index in [2.05, 4.69) is 5.32 Å². The van der Waals surface area contributed by atoms with Crippen LogP contribution in [-0.4, -0.2) is 67.7 Å². The lowest BCUT2D eigenvalue weighted by Gasteiger charge is -2.36. The van der Waals surface area contributed by atoms with Gasteiger partial charge in [0, 0.05) is 44.2 Å². The van der Waals surface area contributed by atoms with E-state index in [1.54, 1.807) is 11.8 Å². The van der Waals surface area contributed by atoms with E-state index in [0.29, 0.717) is 18.7 Å². The van der Waals surface area contributed by atoms with Crippen molar-refractivity contribution in [1.29, 1.82) is 0 Å². The minimum absolute atomic E-state index is 0. The normalized spacial score (nSPS) is 19.1. The van der Waals surface area contributed by atoms with Crippen molar-refractivity contribution < 1.29 is 18.1 Å². The Hall–Kier alpha value is -1.75. The maximum absolute atomic E-state index is 13.0. The number of sulfonamides is 1. The second-order valence-electron chi connectivity index (χ2n) is 6.96. The Morgan fingerprint density at radius 1 is 1.18 bits per heavy atom. The van der Waals surface area contributed by atoms with Gasteiger partial charge in [0.15, 0.2) is 0 Å². The van der Waals surface area contributed by atoms with Crippen LogP contribution in [0.2, 0.25) is 0 Å². The summed E-state index contributed by atoms with van der Waals surface area (Å²) in [5, 5.41) is 14.2. The van der Waals surface area contributed by atoms with Crippen LogP contribution in [-0.2, 0) is 14.8 Å². The number of non-ortho nitro benzene ring substituents is 1. The van der Waals surface area contributed by atoms with Crippen LogP contribution >= 0.6 is 12.4 Å². The number of carbonyl (C=O) groups is 1. The van der Waals surface area contributed by atoms with Crippen LogP contribution in [0.25, 0.3) is 0 Å². The van der Waals surface area contributed by atoms with Gasteiger partial charge in [0.25, 0.3) is 5.69 Å². The SMILES string of the molecule is Cc1ccc([N+](=O)[O-])cc1S(=O)(=O)N1CCN(C(=O)C2CCNCC2)CC1.Cl. The van der Waals surface area contributed by atoms with Gasteiger partial charge in [0.05, 0.1) is 9.82 Å². The van der Waals surface area contributed by atoms with E-state index in [-0.39, 0.29) is 47.9 Å². The smallest absolute Gasteiger partial charge is 0.270 e. The summed E-state index contributed by atoms with van der Waals surface area (Å²) in [6.07, 6.45) is 1.62. The van der Waals surface area contributed by atoms with Gasteiger partial charge in [-0.3, -0.25) is 14.9 Å². The Morgan fingerprint density at radius 2 is 1.79 bits per heavy atom. The standard InChI is InChI=1S/C17H24N4O5S.ClH/c1-13-2-3-15(21(23)24)12-16(13)27(25,26)20-10-8-19(9-11-20)17(22)14-4-6-18-7-5-14;/h2-3,12,14,18H,4-11H2,1H3;1H. The van der Waals surface area contributed by atoms with Crippen LogP contribution in [0.5, 0.6) is 0 Å². The Labute approximate surface area is 170 Å². The number of carbonyl (C=O) groups excluding carboxylic acids is 1. The van der Waals surface area contributed by atoms with Crippen LogP contribution in [0.4, 0.5) is 5.69 Å². The highest BCUT2D eigenvalue weighted by Crippen LogP contribution is 2.26. The maximum atomic E-state index is 13.0. The number of hydrogen-bond acceptors (Lipinski definition) is 6. The molecule has 0 atom stereocenters. The molecule has 3 rings (SSSR count). The lowest BCUT2D eigenvalue weighted by Crippen LogP contribution is -2.52. The minimum Gasteiger partial charge on any atom is -0.340 e. The fraction of sp³-hybridized carbons (Fsp3) is 0.588. The van der Waals surface area contributed by atoms with Crippen LogP contribution < -0.4 is 5.32 Å². The van der Waals surface area contributed by atoms with E-state index in [9.17, 15) is 23.3 Å². The molecule has 0 bridgehead atoms. The number of nitrogens with one attached hydrogen (secondary N) is 1. The van der Waals surface area contributed by atoms with Crippen molar-refractivity contribution in [1.82, 2.24) is 14.5 Å². The monoisotopic (exact) mass is 432 g/mol. The molecule has 0 saturated carbocycles. The largest absolute Gasteiger partial charge is 0.340 e. The number of nitro benzene ring substituents is 1. The summed E-state index contributed by atoms with van der Waals surface area (Å²) < 4.78 is 27.2.